The van der Waals surface area contributed by atoms with Gasteiger partial charge in [0.2, 0.25) is 17.6 Å². The van der Waals surface area contributed by atoms with Crippen LogP contribution in [0.5, 0.6) is 0 Å². The minimum atomic E-state index is -0.219. The monoisotopic (exact) mass is 400 g/mol. The van der Waals surface area contributed by atoms with Crippen molar-refractivity contribution in [2.24, 2.45) is 0 Å². The predicted octanol–water partition coefficient (Wildman–Crippen LogP) is 3.61. The molecule has 3 heterocycles. The second kappa shape index (κ2) is 8.52. The molecule has 1 saturated heterocycles. The molecule has 0 saturated carbocycles. The number of para-hydroxylation sites is 1. The molecule has 1 fully saturated rings. The predicted molar refractivity (Wildman–Crippen MR) is 106 cm³/mol. The number of aryl methyl sites for hydroxylation is 1. The largest absolute Gasteiger partial charge is 0.366 e. The fourth-order valence-electron chi connectivity index (χ4n) is 3.32. The van der Waals surface area contributed by atoms with Crippen molar-refractivity contribution in [1.82, 2.24) is 15.0 Å². The van der Waals surface area contributed by atoms with Gasteiger partial charge in [-0.1, -0.05) is 23.4 Å². The highest BCUT2D eigenvalue weighted by atomic mass is 32.1. The first-order valence-electron chi connectivity index (χ1n) is 9.34. The van der Waals surface area contributed by atoms with Crippen LogP contribution in [-0.2, 0) is 11.2 Å². The third kappa shape index (κ3) is 4.22. The molecule has 1 aliphatic heterocycles. The number of amides is 1. The topological polar surface area (TPSA) is 62.5 Å². The number of halogens is 1. The Hall–Kier alpha value is -2.74. The zero-order chi connectivity index (χ0) is 19.3. The normalized spacial score (nSPS) is 14.5. The second-order valence-corrected chi connectivity index (χ2v) is 7.61. The molecule has 3 aromatic rings. The van der Waals surface area contributed by atoms with Gasteiger partial charge in [-0.2, -0.15) is 4.98 Å². The van der Waals surface area contributed by atoms with Gasteiger partial charge < -0.3 is 14.3 Å². The summed E-state index contributed by atoms with van der Waals surface area (Å²) in [6.07, 6.45) is 1.69. The average Bonchev–Trinajstić information content (AvgIpc) is 3.40. The number of carbonyl (C=O) groups excluding carboxylic acids is 1. The molecule has 0 aliphatic carbocycles. The highest BCUT2D eigenvalue weighted by molar-refractivity contribution is 7.13. The maximum atomic E-state index is 13.9. The first kappa shape index (κ1) is 18.6. The van der Waals surface area contributed by atoms with Crippen LogP contribution < -0.4 is 4.90 Å². The Bertz CT molecular complexity index is 920. The first-order valence-corrected chi connectivity index (χ1v) is 10.2. The van der Waals surface area contributed by atoms with Gasteiger partial charge in [0.25, 0.3) is 0 Å². The van der Waals surface area contributed by atoms with E-state index in [9.17, 15) is 9.18 Å². The second-order valence-electron chi connectivity index (χ2n) is 6.66. The Kier molecular flexibility index (Phi) is 5.66. The molecule has 0 spiro atoms. The van der Waals surface area contributed by atoms with Crippen LogP contribution in [0.15, 0.2) is 46.3 Å². The lowest BCUT2D eigenvalue weighted by molar-refractivity contribution is -0.131. The van der Waals surface area contributed by atoms with E-state index in [1.165, 1.54) is 6.07 Å². The van der Waals surface area contributed by atoms with Gasteiger partial charge in [0.05, 0.1) is 10.6 Å². The molecule has 1 amide bonds. The smallest absolute Gasteiger partial charge is 0.226 e. The van der Waals surface area contributed by atoms with Gasteiger partial charge in [0.15, 0.2) is 0 Å². The molecular weight excluding hydrogens is 379 g/mol. The molecule has 0 bridgehead atoms. The summed E-state index contributed by atoms with van der Waals surface area (Å²) < 4.78 is 19.2. The van der Waals surface area contributed by atoms with Crippen molar-refractivity contribution in [3.8, 4) is 10.7 Å². The van der Waals surface area contributed by atoms with E-state index in [4.69, 9.17) is 4.52 Å². The Morgan fingerprint density at radius 1 is 1.14 bits per heavy atom. The van der Waals surface area contributed by atoms with E-state index in [1.807, 2.05) is 33.4 Å². The number of hydrogen-bond acceptors (Lipinski definition) is 6. The zero-order valence-corrected chi connectivity index (χ0v) is 16.2. The maximum Gasteiger partial charge on any atom is 0.226 e. The quantitative estimate of drug-likeness (QED) is 0.633. The van der Waals surface area contributed by atoms with Gasteiger partial charge in [-0.05, 0) is 30.0 Å². The summed E-state index contributed by atoms with van der Waals surface area (Å²) in [4.78, 5) is 21.6. The summed E-state index contributed by atoms with van der Waals surface area (Å²) in [6, 6.07) is 10.7. The van der Waals surface area contributed by atoms with Crippen molar-refractivity contribution in [3.05, 3.63) is 53.5 Å². The van der Waals surface area contributed by atoms with Crippen molar-refractivity contribution in [3.63, 3.8) is 0 Å². The SMILES string of the molecule is O=C(CCCc1nc(-c2cccs2)no1)N1CCN(c2ccccc2F)CC1. The number of aromatic nitrogens is 2. The molecular formula is C20H21FN4O2S. The summed E-state index contributed by atoms with van der Waals surface area (Å²) in [5, 5.41) is 5.95. The molecule has 146 valence electrons. The number of thiophene rings is 1. The Morgan fingerprint density at radius 3 is 2.71 bits per heavy atom. The summed E-state index contributed by atoms with van der Waals surface area (Å²) in [5.74, 6) is 1.05. The third-order valence-electron chi connectivity index (χ3n) is 4.82. The maximum absolute atomic E-state index is 13.9. The molecule has 0 N–H and O–H groups in total. The summed E-state index contributed by atoms with van der Waals surface area (Å²) >= 11 is 1.56. The van der Waals surface area contributed by atoms with E-state index in [1.54, 1.807) is 23.5 Å². The lowest BCUT2D eigenvalue weighted by Crippen LogP contribution is -2.49. The van der Waals surface area contributed by atoms with Crippen LogP contribution in [0.4, 0.5) is 10.1 Å². The van der Waals surface area contributed by atoms with Gasteiger partial charge in [-0.25, -0.2) is 4.39 Å². The van der Waals surface area contributed by atoms with Crippen LogP contribution in [0.2, 0.25) is 0 Å². The molecule has 8 heteroatoms. The molecule has 1 aromatic carbocycles. The van der Waals surface area contributed by atoms with Gasteiger partial charge >= 0.3 is 0 Å². The van der Waals surface area contributed by atoms with Crippen LogP contribution in [0.1, 0.15) is 18.7 Å². The molecule has 0 radical (unpaired) electrons. The summed E-state index contributed by atoms with van der Waals surface area (Å²) in [5.41, 5.74) is 0.604. The lowest BCUT2D eigenvalue weighted by Gasteiger charge is -2.36. The molecule has 0 unspecified atom stereocenters. The van der Waals surface area contributed by atoms with E-state index in [-0.39, 0.29) is 11.7 Å². The van der Waals surface area contributed by atoms with Crippen LogP contribution in [0, 0.1) is 5.82 Å². The summed E-state index contributed by atoms with van der Waals surface area (Å²) in [6.45, 7) is 2.49. The number of carbonyl (C=O) groups is 1. The number of nitrogens with zero attached hydrogens (tertiary/aromatic N) is 4. The Morgan fingerprint density at radius 2 is 1.96 bits per heavy atom. The first-order chi connectivity index (χ1) is 13.7. The number of benzene rings is 1. The number of rotatable bonds is 6. The fraction of sp³-hybridized carbons (Fsp3) is 0.350. The van der Waals surface area contributed by atoms with Gasteiger partial charge in [0.1, 0.15) is 5.82 Å². The van der Waals surface area contributed by atoms with Crippen LogP contribution in [0.3, 0.4) is 0 Å². The molecule has 6 nitrogen and oxygen atoms in total. The Balaban J connectivity index is 1.22. The fourth-order valence-corrected chi connectivity index (χ4v) is 3.97. The third-order valence-corrected chi connectivity index (χ3v) is 5.68. The van der Waals surface area contributed by atoms with Crippen molar-refractivity contribution in [2.75, 3.05) is 31.1 Å². The molecule has 0 atom stereocenters. The highest BCUT2D eigenvalue weighted by Crippen LogP contribution is 2.22. The molecule has 2 aromatic heterocycles. The minimum Gasteiger partial charge on any atom is -0.366 e. The minimum absolute atomic E-state index is 0.117. The van der Waals surface area contributed by atoms with Crippen LogP contribution in [0.25, 0.3) is 10.7 Å². The standard InChI is InChI=1S/C20H21FN4O2S/c21-15-5-1-2-6-16(15)24-10-12-25(13-11-24)19(26)9-3-8-18-22-20(23-27-18)17-7-4-14-28-17/h1-2,4-7,14H,3,8-13H2. The van der Waals surface area contributed by atoms with Gasteiger partial charge in [0, 0.05) is 39.0 Å². The lowest BCUT2D eigenvalue weighted by atomic mass is 10.2. The summed E-state index contributed by atoms with van der Waals surface area (Å²) in [7, 11) is 0. The molecule has 1 aliphatic rings. The van der Waals surface area contributed by atoms with Crippen molar-refractivity contribution < 1.29 is 13.7 Å². The van der Waals surface area contributed by atoms with E-state index in [0.29, 0.717) is 62.8 Å². The van der Waals surface area contributed by atoms with Gasteiger partial charge in [-0.3, -0.25) is 4.79 Å². The zero-order valence-electron chi connectivity index (χ0n) is 15.4. The van der Waals surface area contributed by atoms with Crippen molar-refractivity contribution >= 4 is 22.9 Å². The number of hydrogen-bond donors (Lipinski definition) is 0. The molecule has 28 heavy (non-hydrogen) atoms. The van der Waals surface area contributed by atoms with E-state index in [0.717, 1.165) is 4.88 Å². The number of piperazine rings is 1. The van der Waals surface area contributed by atoms with Gasteiger partial charge in [-0.15, -0.1) is 11.3 Å². The Labute approximate surface area is 166 Å². The highest BCUT2D eigenvalue weighted by Gasteiger charge is 2.22. The van der Waals surface area contributed by atoms with E-state index in [2.05, 4.69) is 10.1 Å². The van der Waals surface area contributed by atoms with Crippen molar-refractivity contribution in [2.45, 2.75) is 19.3 Å². The van der Waals surface area contributed by atoms with Crippen LogP contribution >= 0.6 is 11.3 Å². The number of anilines is 1. The van der Waals surface area contributed by atoms with Crippen molar-refractivity contribution in [1.29, 1.82) is 0 Å². The van der Waals surface area contributed by atoms with E-state index >= 15 is 0 Å². The molecule has 4 rings (SSSR count). The average molecular weight is 400 g/mol. The van der Waals surface area contributed by atoms with E-state index < -0.39 is 0 Å². The van der Waals surface area contributed by atoms with Crippen LogP contribution in [-0.4, -0.2) is 47.1 Å².